The Morgan fingerprint density at radius 1 is 0.970 bits per heavy atom. The van der Waals surface area contributed by atoms with Crippen molar-refractivity contribution in [1.29, 1.82) is 0 Å². The Morgan fingerprint density at radius 3 is 2.58 bits per heavy atom. The minimum absolute atomic E-state index is 0.0587. The van der Waals surface area contributed by atoms with Gasteiger partial charge in [-0.25, -0.2) is 0 Å². The Morgan fingerprint density at radius 2 is 1.76 bits per heavy atom. The van der Waals surface area contributed by atoms with Crippen LogP contribution in [0.25, 0.3) is 0 Å². The molecule has 4 aliphatic rings. The van der Waals surface area contributed by atoms with E-state index in [9.17, 15) is 9.59 Å². The summed E-state index contributed by atoms with van der Waals surface area (Å²) in [4.78, 5) is 32.7. The van der Waals surface area contributed by atoms with Crippen molar-refractivity contribution >= 4 is 23.2 Å². The first-order chi connectivity index (χ1) is 16.2. The Labute approximate surface area is 197 Å². The molecule has 3 fully saturated rings. The second-order valence-corrected chi connectivity index (χ2v) is 10.2. The fourth-order valence-corrected chi connectivity index (χ4v) is 6.13. The molecule has 2 N–H and O–H groups in total. The van der Waals surface area contributed by atoms with Crippen LogP contribution in [0.15, 0.2) is 18.2 Å². The SMILES string of the molecule is O=C(NCCCN1CCC(N2CCCCC2)CC1)c1ccc2c(c1)NC(=O)C1CCCCN21. The second-order valence-electron chi connectivity index (χ2n) is 10.2. The van der Waals surface area contributed by atoms with E-state index in [-0.39, 0.29) is 17.9 Å². The largest absolute Gasteiger partial charge is 0.358 e. The van der Waals surface area contributed by atoms with E-state index in [0.29, 0.717) is 12.1 Å². The molecule has 0 aromatic heterocycles. The summed E-state index contributed by atoms with van der Waals surface area (Å²) in [6, 6.07) is 6.44. The normalized spacial score (nSPS) is 24.7. The Kier molecular flexibility index (Phi) is 7.16. The van der Waals surface area contributed by atoms with E-state index in [1.807, 2.05) is 18.2 Å². The quantitative estimate of drug-likeness (QED) is 0.648. The lowest BCUT2D eigenvalue weighted by molar-refractivity contribution is -0.118. The summed E-state index contributed by atoms with van der Waals surface area (Å²) >= 11 is 0. The third-order valence-corrected chi connectivity index (χ3v) is 8.03. The number of hydrogen-bond donors (Lipinski definition) is 2. The fraction of sp³-hybridized carbons (Fsp3) is 0.692. The molecule has 1 aromatic rings. The van der Waals surface area contributed by atoms with Gasteiger partial charge in [0.2, 0.25) is 5.91 Å². The lowest BCUT2D eigenvalue weighted by atomic mass is 9.97. The molecule has 1 aromatic carbocycles. The highest BCUT2D eigenvalue weighted by Gasteiger charge is 2.34. The van der Waals surface area contributed by atoms with Gasteiger partial charge >= 0.3 is 0 Å². The maximum absolute atomic E-state index is 12.7. The molecular weight excluding hydrogens is 414 g/mol. The Hall–Kier alpha value is -2.12. The van der Waals surface area contributed by atoms with Gasteiger partial charge in [-0.05, 0) is 102 Å². The number of nitrogens with zero attached hydrogens (tertiary/aromatic N) is 3. The van der Waals surface area contributed by atoms with Gasteiger partial charge in [0, 0.05) is 24.7 Å². The monoisotopic (exact) mass is 453 g/mol. The molecule has 33 heavy (non-hydrogen) atoms. The molecule has 7 heteroatoms. The highest BCUT2D eigenvalue weighted by molar-refractivity contribution is 6.05. The molecule has 180 valence electrons. The summed E-state index contributed by atoms with van der Waals surface area (Å²) in [5.74, 6) is 0.000406. The molecule has 0 bridgehead atoms. The van der Waals surface area contributed by atoms with Gasteiger partial charge < -0.3 is 25.3 Å². The molecule has 1 unspecified atom stereocenters. The lowest BCUT2D eigenvalue weighted by Gasteiger charge is -2.41. The minimum Gasteiger partial charge on any atom is -0.358 e. The first kappa shape index (κ1) is 22.7. The van der Waals surface area contributed by atoms with Gasteiger partial charge in [-0.15, -0.1) is 0 Å². The first-order valence-corrected chi connectivity index (χ1v) is 13.2. The molecule has 0 spiro atoms. The number of carbonyl (C=O) groups is 2. The smallest absolute Gasteiger partial charge is 0.251 e. The number of fused-ring (bicyclic) bond motifs is 3. The van der Waals surface area contributed by atoms with E-state index in [2.05, 4.69) is 25.3 Å². The van der Waals surface area contributed by atoms with E-state index < -0.39 is 0 Å². The summed E-state index contributed by atoms with van der Waals surface area (Å²) in [6.45, 7) is 7.58. The summed E-state index contributed by atoms with van der Waals surface area (Å²) in [5.41, 5.74) is 2.43. The highest BCUT2D eigenvalue weighted by Crippen LogP contribution is 2.36. The van der Waals surface area contributed by atoms with Crippen LogP contribution in [0.2, 0.25) is 0 Å². The molecular formula is C26H39N5O2. The highest BCUT2D eigenvalue weighted by atomic mass is 16.2. The minimum atomic E-state index is -0.0594. The maximum Gasteiger partial charge on any atom is 0.251 e. The standard InChI is InChI=1S/C26H39N5O2/c32-25(20-8-9-23-22(19-20)28-26(33)24-7-2-5-16-31(23)24)27-12-6-13-29-17-10-21(11-18-29)30-14-3-1-4-15-30/h8-9,19,21,24H,1-7,10-18H2,(H,27,32)(H,28,33). The topological polar surface area (TPSA) is 67.9 Å². The number of likely N-dealkylation sites (tertiary alicyclic amines) is 2. The third-order valence-electron chi connectivity index (χ3n) is 8.03. The molecule has 0 saturated carbocycles. The number of anilines is 2. The zero-order valence-corrected chi connectivity index (χ0v) is 19.9. The van der Waals surface area contributed by atoms with Crippen LogP contribution in [-0.2, 0) is 4.79 Å². The van der Waals surface area contributed by atoms with Gasteiger partial charge in [-0.1, -0.05) is 6.42 Å². The average molecular weight is 454 g/mol. The number of nitrogens with one attached hydrogen (secondary N) is 2. The predicted octanol–water partition coefficient (Wildman–Crippen LogP) is 3.07. The van der Waals surface area contributed by atoms with Crippen LogP contribution in [0.5, 0.6) is 0 Å². The van der Waals surface area contributed by atoms with Gasteiger partial charge in [0.05, 0.1) is 11.4 Å². The molecule has 1 atom stereocenters. The summed E-state index contributed by atoms with van der Waals surface area (Å²) in [6.07, 6.45) is 10.8. The van der Waals surface area contributed by atoms with Gasteiger partial charge in [0.1, 0.15) is 6.04 Å². The van der Waals surface area contributed by atoms with Crippen molar-refractivity contribution in [2.45, 2.75) is 69.9 Å². The third kappa shape index (κ3) is 5.19. The Bertz CT molecular complexity index is 845. The number of carbonyl (C=O) groups excluding carboxylic acids is 2. The lowest BCUT2D eigenvalue weighted by Crippen LogP contribution is -2.50. The van der Waals surface area contributed by atoms with Crippen LogP contribution in [0.1, 0.15) is 68.1 Å². The summed E-state index contributed by atoms with van der Waals surface area (Å²) in [7, 11) is 0. The second kappa shape index (κ2) is 10.4. The number of piperidine rings is 3. The van der Waals surface area contributed by atoms with E-state index in [0.717, 1.165) is 56.2 Å². The number of hydrogen-bond acceptors (Lipinski definition) is 5. The van der Waals surface area contributed by atoms with Crippen LogP contribution in [0.4, 0.5) is 11.4 Å². The zero-order chi connectivity index (χ0) is 22.6. The van der Waals surface area contributed by atoms with Crippen molar-refractivity contribution in [3.8, 4) is 0 Å². The maximum atomic E-state index is 12.7. The molecule has 2 amide bonds. The molecule has 7 nitrogen and oxygen atoms in total. The Balaban J connectivity index is 1.06. The molecule has 3 saturated heterocycles. The molecule has 4 heterocycles. The summed E-state index contributed by atoms with van der Waals surface area (Å²) < 4.78 is 0. The number of amides is 2. The van der Waals surface area contributed by atoms with Crippen LogP contribution < -0.4 is 15.5 Å². The van der Waals surface area contributed by atoms with Crippen LogP contribution in [0, 0.1) is 0 Å². The molecule has 4 aliphatic heterocycles. The fourth-order valence-electron chi connectivity index (χ4n) is 6.13. The van der Waals surface area contributed by atoms with Crippen molar-refractivity contribution in [2.24, 2.45) is 0 Å². The van der Waals surface area contributed by atoms with E-state index in [1.165, 1.54) is 58.3 Å². The summed E-state index contributed by atoms with van der Waals surface area (Å²) in [5, 5.41) is 6.09. The van der Waals surface area contributed by atoms with Gasteiger partial charge in [-0.2, -0.15) is 0 Å². The van der Waals surface area contributed by atoms with Crippen molar-refractivity contribution in [3.63, 3.8) is 0 Å². The zero-order valence-electron chi connectivity index (χ0n) is 19.9. The molecule has 0 radical (unpaired) electrons. The first-order valence-electron chi connectivity index (χ1n) is 13.2. The molecule has 5 rings (SSSR count). The van der Waals surface area contributed by atoms with Crippen LogP contribution >= 0.6 is 0 Å². The van der Waals surface area contributed by atoms with Crippen molar-refractivity contribution < 1.29 is 9.59 Å². The van der Waals surface area contributed by atoms with E-state index >= 15 is 0 Å². The van der Waals surface area contributed by atoms with Crippen LogP contribution in [-0.4, -0.2) is 79.5 Å². The van der Waals surface area contributed by atoms with Gasteiger partial charge in [-0.3, -0.25) is 9.59 Å². The van der Waals surface area contributed by atoms with Crippen LogP contribution in [0.3, 0.4) is 0 Å². The van der Waals surface area contributed by atoms with Crippen molar-refractivity contribution in [3.05, 3.63) is 23.8 Å². The van der Waals surface area contributed by atoms with Gasteiger partial charge in [0.15, 0.2) is 0 Å². The average Bonchev–Trinajstić information content (AvgIpc) is 2.87. The van der Waals surface area contributed by atoms with E-state index in [1.54, 1.807) is 0 Å². The predicted molar refractivity (Wildman–Crippen MR) is 132 cm³/mol. The number of rotatable bonds is 6. The van der Waals surface area contributed by atoms with Crippen molar-refractivity contribution in [2.75, 3.05) is 56.0 Å². The molecule has 0 aliphatic carbocycles. The van der Waals surface area contributed by atoms with E-state index in [4.69, 9.17) is 0 Å². The van der Waals surface area contributed by atoms with Crippen molar-refractivity contribution in [1.82, 2.24) is 15.1 Å². The van der Waals surface area contributed by atoms with Gasteiger partial charge in [0.25, 0.3) is 5.91 Å². The number of benzene rings is 1.